The van der Waals surface area contributed by atoms with Gasteiger partial charge in [-0.25, -0.2) is 15.0 Å². The average Bonchev–Trinajstić information content (AvgIpc) is 2.95. The minimum Gasteiger partial charge on any atom is -0.495 e. The highest BCUT2D eigenvalue weighted by atomic mass is 35.5. The lowest BCUT2D eigenvalue weighted by Gasteiger charge is -2.13. The summed E-state index contributed by atoms with van der Waals surface area (Å²) in [6, 6.07) is 5.53. The van der Waals surface area contributed by atoms with E-state index in [-0.39, 0.29) is 0 Å². The zero-order chi connectivity index (χ0) is 15.8. The first-order chi connectivity index (χ1) is 11.3. The standard InChI is InChI=1S/C16H16ClN5O/c1-23-12-6-5-10(8-11(12)17)20-15-14-16(19-9-18-15)22-7-3-2-4-13(22)21-14/h5-6,8-9H,2-4,7H2,1H3,(H,18,19,20). The summed E-state index contributed by atoms with van der Waals surface area (Å²) in [5.41, 5.74) is 2.52. The smallest absolute Gasteiger partial charge is 0.165 e. The zero-order valence-electron chi connectivity index (χ0n) is 12.7. The molecule has 1 aliphatic heterocycles. The molecule has 0 aliphatic carbocycles. The first-order valence-electron chi connectivity index (χ1n) is 7.57. The van der Waals surface area contributed by atoms with E-state index >= 15 is 0 Å². The minimum atomic E-state index is 0.548. The summed E-state index contributed by atoms with van der Waals surface area (Å²) in [4.78, 5) is 13.5. The second-order valence-electron chi connectivity index (χ2n) is 5.51. The molecule has 0 saturated carbocycles. The summed E-state index contributed by atoms with van der Waals surface area (Å²) in [5, 5.41) is 3.83. The van der Waals surface area contributed by atoms with E-state index in [2.05, 4.69) is 19.9 Å². The SMILES string of the molecule is COc1ccc(Nc2ncnc3c2nc2n3CCCC2)cc1Cl. The van der Waals surface area contributed by atoms with Crippen molar-refractivity contribution in [3.63, 3.8) is 0 Å². The summed E-state index contributed by atoms with van der Waals surface area (Å²) in [5.74, 6) is 2.42. The number of aromatic nitrogens is 4. The van der Waals surface area contributed by atoms with E-state index in [4.69, 9.17) is 21.3 Å². The molecule has 0 fully saturated rings. The van der Waals surface area contributed by atoms with Gasteiger partial charge in [0.25, 0.3) is 0 Å². The number of ether oxygens (including phenoxy) is 1. The molecule has 3 aromatic rings. The third kappa shape index (κ3) is 2.49. The van der Waals surface area contributed by atoms with Gasteiger partial charge in [0, 0.05) is 18.7 Å². The van der Waals surface area contributed by atoms with Crippen molar-refractivity contribution in [1.82, 2.24) is 19.5 Å². The molecule has 4 rings (SSSR count). The lowest BCUT2D eigenvalue weighted by Crippen LogP contribution is -2.10. The second kappa shape index (κ2) is 5.70. The van der Waals surface area contributed by atoms with Crippen molar-refractivity contribution in [2.24, 2.45) is 0 Å². The van der Waals surface area contributed by atoms with Gasteiger partial charge in [-0.3, -0.25) is 0 Å². The predicted molar refractivity (Wildman–Crippen MR) is 89.5 cm³/mol. The molecule has 0 bridgehead atoms. The van der Waals surface area contributed by atoms with Gasteiger partial charge < -0.3 is 14.6 Å². The van der Waals surface area contributed by atoms with Gasteiger partial charge in [0.2, 0.25) is 0 Å². The van der Waals surface area contributed by atoms with Gasteiger partial charge in [0.05, 0.1) is 12.1 Å². The Morgan fingerprint density at radius 3 is 3.00 bits per heavy atom. The van der Waals surface area contributed by atoms with Gasteiger partial charge in [-0.15, -0.1) is 0 Å². The Kier molecular flexibility index (Phi) is 3.53. The highest BCUT2D eigenvalue weighted by Gasteiger charge is 2.18. The minimum absolute atomic E-state index is 0.548. The molecule has 0 amide bonds. The largest absolute Gasteiger partial charge is 0.495 e. The lowest BCUT2D eigenvalue weighted by molar-refractivity contribution is 0.415. The topological polar surface area (TPSA) is 64.9 Å². The molecule has 0 radical (unpaired) electrons. The molecular formula is C16H16ClN5O. The number of nitrogens with zero attached hydrogens (tertiary/aromatic N) is 4. The van der Waals surface area contributed by atoms with E-state index in [1.807, 2.05) is 18.2 Å². The van der Waals surface area contributed by atoms with Crippen LogP contribution in [-0.2, 0) is 13.0 Å². The summed E-state index contributed by atoms with van der Waals surface area (Å²) in [6.45, 7) is 0.969. The van der Waals surface area contributed by atoms with Crippen molar-refractivity contribution in [2.45, 2.75) is 25.8 Å². The van der Waals surface area contributed by atoms with Crippen molar-refractivity contribution in [3.05, 3.63) is 35.4 Å². The van der Waals surface area contributed by atoms with Gasteiger partial charge in [0.1, 0.15) is 17.9 Å². The maximum absolute atomic E-state index is 6.18. The number of halogens is 1. The van der Waals surface area contributed by atoms with Gasteiger partial charge >= 0.3 is 0 Å². The van der Waals surface area contributed by atoms with Crippen molar-refractivity contribution in [2.75, 3.05) is 12.4 Å². The molecule has 23 heavy (non-hydrogen) atoms. The van der Waals surface area contributed by atoms with E-state index in [0.29, 0.717) is 16.6 Å². The molecule has 6 nitrogen and oxygen atoms in total. The molecule has 1 aliphatic rings. The van der Waals surface area contributed by atoms with Crippen LogP contribution in [0.1, 0.15) is 18.7 Å². The third-order valence-corrected chi connectivity index (χ3v) is 4.35. The van der Waals surface area contributed by atoms with Crippen LogP contribution in [0.4, 0.5) is 11.5 Å². The Labute approximate surface area is 138 Å². The predicted octanol–water partition coefficient (Wildman–Crippen LogP) is 3.57. The number of anilines is 2. The van der Waals surface area contributed by atoms with Gasteiger partial charge in [0.15, 0.2) is 17.0 Å². The maximum Gasteiger partial charge on any atom is 0.165 e. The highest BCUT2D eigenvalue weighted by molar-refractivity contribution is 6.32. The van der Waals surface area contributed by atoms with Gasteiger partial charge in [-0.1, -0.05) is 11.6 Å². The molecular weight excluding hydrogens is 314 g/mol. The van der Waals surface area contributed by atoms with Crippen molar-refractivity contribution in [3.8, 4) is 5.75 Å². The molecule has 0 unspecified atom stereocenters. The molecule has 1 N–H and O–H groups in total. The fourth-order valence-electron chi connectivity index (χ4n) is 2.93. The Bertz CT molecular complexity index is 876. The van der Waals surface area contributed by atoms with Crippen LogP contribution in [0, 0.1) is 0 Å². The van der Waals surface area contributed by atoms with Crippen LogP contribution in [-0.4, -0.2) is 26.6 Å². The normalized spacial score (nSPS) is 13.8. The number of hydrogen-bond donors (Lipinski definition) is 1. The van der Waals surface area contributed by atoms with Crippen molar-refractivity contribution < 1.29 is 4.74 Å². The Balaban J connectivity index is 1.74. The van der Waals surface area contributed by atoms with Crippen molar-refractivity contribution in [1.29, 1.82) is 0 Å². The van der Waals surface area contributed by atoms with Crippen LogP contribution < -0.4 is 10.1 Å². The second-order valence-corrected chi connectivity index (χ2v) is 5.91. The van der Waals surface area contributed by atoms with Crippen LogP contribution in [0.3, 0.4) is 0 Å². The quantitative estimate of drug-likeness (QED) is 0.795. The molecule has 1 aromatic carbocycles. The highest BCUT2D eigenvalue weighted by Crippen LogP contribution is 2.30. The van der Waals surface area contributed by atoms with E-state index in [1.165, 1.54) is 12.8 Å². The monoisotopic (exact) mass is 329 g/mol. The molecule has 3 heterocycles. The Hall–Kier alpha value is -2.34. The van der Waals surface area contributed by atoms with Crippen LogP contribution in [0.15, 0.2) is 24.5 Å². The first kappa shape index (κ1) is 14.3. The number of methoxy groups -OCH3 is 1. The fraction of sp³-hybridized carbons (Fsp3) is 0.312. The number of hydrogen-bond acceptors (Lipinski definition) is 5. The molecule has 2 aromatic heterocycles. The van der Waals surface area contributed by atoms with Crippen LogP contribution in [0.2, 0.25) is 5.02 Å². The summed E-state index contributed by atoms with van der Waals surface area (Å²) in [6.07, 6.45) is 4.90. The number of benzene rings is 1. The molecule has 118 valence electrons. The summed E-state index contributed by atoms with van der Waals surface area (Å²) in [7, 11) is 1.60. The Morgan fingerprint density at radius 1 is 1.26 bits per heavy atom. The fourth-order valence-corrected chi connectivity index (χ4v) is 3.19. The summed E-state index contributed by atoms with van der Waals surface area (Å²) < 4.78 is 7.36. The van der Waals surface area contributed by atoms with E-state index < -0.39 is 0 Å². The Morgan fingerprint density at radius 2 is 2.17 bits per heavy atom. The van der Waals surface area contributed by atoms with Crippen LogP contribution in [0.5, 0.6) is 5.75 Å². The van der Waals surface area contributed by atoms with Crippen LogP contribution >= 0.6 is 11.6 Å². The van der Waals surface area contributed by atoms with Crippen LogP contribution in [0.25, 0.3) is 11.2 Å². The van der Waals surface area contributed by atoms with Crippen molar-refractivity contribution >= 4 is 34.3 Å². The number of fused-ring (bicyclic) bond motifs is 3. The lowest BCUT2D eigenvalue weighted by atomic mass is 10.2. The van der Waals surface area contributed by atoms with E-state index in [9.17, 15) is 0 Å². The van der Waals surface area contributed by atoms with Gasteiger partial charge in [-0.2, -0.15) is 0 Å². The van der Waals surface area contributed by atoms with E-state index in [0.717, 1.165) is 35.6 Å². The molecule has 0 saturated heterocycles. The first-order valence-corrected chi connectivity index (χ1v) is 7.95. The number of rotatable bonds is 3. The number of nitrogens with one attached hydrogen (secondary N) is 1. The number of imidazole rings is 1. The zero-order valence-corrected chi connectivity index (χ0v) is 13.5. The van der Waals surface area contributed by atoms with Gasteiger partial charge in [-0.05, 0) is 31.0 Å². The van der Waals surface area contributed by atoms with E-state index in [1.54, 1.807) is 13.4 Å². The average molecular weight is 330 g/mol. The summed E-state index contributed by atoms with van der Waals surface area (Å²) >= 11 is 6.18. The maximum atomic E-state index is 6.18. The molecule has 7 heteroatoms. The third-order valence-electron chi connectivity index (χ3n) is 4.06. The molecule has 0 atom stereocenters. The number of aryl methyl sites for hydroxylation is 2. The molecule has 0 spiro atoms.